The van der Waals surface area contributed by atoms with Crippen LogP contribution in [-0.4, -0.2) is 72.7 Å². The van der Waals surface area contributed by atoms with Crippen molar-refractivity contribution in [3.8, 4) is 0 Å². The summed E-state index contributed by atoms with van der Waals surface area (Å²) in [5, 5.41) is 7.53. The summed E-state index contributed by atoms with van der Waals surface area (Å²) in [4.78, 5) is 26.6. The number of carbonyl (C=O) groups excluding carboxylic acids is 2. The Hall–Kier alpha value is -1.81. The molecule has 2 amide bonds. The molecule has 0 aliphatic carbocycles. The summed E-state index contributed by atoms with van der Waals surface area (Å²) in [5.41, 5.74) is -0.224. The first-order valence-corrected chi connectivity index (χ1v) is 11.2. The van der Waals surface area contributed by atoms with Crippen molar-refractivity contribution in [2.45, 2.75) is 45.8 Å². The quantitative estimate of drug-likeness (QED) is 0.752. The molecule has 150 valence electrons. The molecule has 2 aliphatic heterocycles. The molecule has 1 aromatic heterocycles. The highest BCUT2D eigenvalue weighted by atomic mass is 32.2. The van der Waals surface area contributed by atoms with E-state index in [9.17, 15) is 13.8 Å². The fraction of sp³-hybridized carbons (Fsp3) is 0.765. The standard InChI is InChI=1S/C17H27N5O4S/c1-4-22-14(11-18-20-22)15(23)19-27(25)9-5-17(6-10-27)12-21(7-8-26-17)16(24)13(2)3/h11,13H,4-10,12H2,1-3H3. The number of aryl methyl sites for hydroxylation is 1. The number of morpholine rings is 1. The first-order chi connectivity index (χ1) is 12.8. The van der Waals surface area contributed by atoms with Gasteiger partial charge in [-0.15, -0.1) is 5.10 Å². The summed E-state index contributed by atoms with van der Waals surface area (Å²) in [6.45, 7) is 7.70. The third-order valence-corrected chi connectivity index (χ3v) is 7.38. The van der Waals surface area contributed by atoms with Crippen molar-refractivity contribution in [3.63, 3.8) is 0 Å². The van der Waals surface area contributed by atoms with E-state index in [2.05, 4.69) is 14.7 Å². The Morgan fingerprint density at radius 1 is 1.37 bits per heavy atom. The monoisotopic (exact) mass is 397 g/mol. The number of hydrogen-bond donors (Lipinski definition) is 0. The maximum Gasteiger partial charge on any atom is 0.305 e. The molecule has 2 fully saturated rings. The average Bonchev–Trinajstić information content (AvgIpc) is 3.13. The number of hydrogen-bond acceptors (Lipinski definition) is 6. The zero-order chi connectivity index (χ0) is 19.7. The van der Waals surface area contributed by atoms with Gasteiger partial charge >= 0.3 is 5.91 Å². The Morgan fingerprint density at radius 2 is 2.07 bits per heavy atom. The number of rotatable bonds is 3. The lowest BCUT2D eigenvalue weighted by atomic mass is 9.93. The van der Waals surface area contributed by atoms with Gasteiger partial charge in [0.1, 0.15) is 5.69 Å². The second kappa shape index (κ2) is 7.67. The summed E-state index contributed by atoms with van der Waals surface area (Å²) in [6, 6.07) is 0. The molecule has 1 spiro atoms. The van der Waals surface area contributed by atoms with E-state index in [1.54, 1.807) is 0 Å². The number of carbonyl (C=O) groups is 2. The second-order valence-corrected chi connectivity index (χ2v) is 10.0. The average molecular weight is 398 g/mol. The largest absolute Gasteiger partial charge is 0.371 e. The Kier molecular flexibility index (Phi) is 5.66. The van der Waals surface area contributed by atoms with Crippen LogP contribution in [0.5, 0.6) is 0 Å². The SMILES string of the molecule is CCn1nncc1C(=O)N=S1(=O)CCC2(CC1)CN(C(=O)C(C)C)CCO2. The minimum atomic E-state index is -2.65. The molecule has 0 N–H and O–H groups in total. The molecule has 3 heterocycles. The van der Waals surface area contributed by atoms with Crippen LogP contribution in [0.15, 0.2) is 10.6 Å². The van der Waals surface area contributed by atoms with Crippen LogP contribution >= 0.6 is 0 Å². The Morgan fingerprint density at radius 3 is 2.70 bits per heavy atom. The zero-order valence-electron chi connectivity index (χ0n) is 16.1. The van der Waals surface area contributed by atoms with Crippen molar-refractivity contribution in [3.05, 3.63) is 11.9 Å². The lowest BCUT2D eigenvalue weighted by Gasteiger charge is -2.45. The van der Waals surface area contributed by atoms with Crippen LogP contribution in [0.25, 0.3) is 0 Å². The Labute approximate surface area is 159 Å². The predicted molar refractivity (Wildman–Crippen MR) is 99.7 cm³/mol. The summed E-state index contributed by atoms with van der Waals surface area (Å²) >= 11 is 0. The number of nitrogens with zero attached hydrogens (tertiary/aromatic N) is 5. The van der Waals surface area contributed by atoms with E-state index < -0.39 is 21.2 Å². The normalized spacial score (nSPS) is 28.5. The van der Waals surface area contributed by atoms with E-state index in [1.165, 1.54) is 10.9 Å². The number of amides is 2. The van der Waals surface area contributed by atoms with Crippen molar-refractivity contribution >= 4 is 21.5 Å². The predicted octanol–water partition coefficient (Wildman–Crippen LogP) is 0.954. The molecule has 0 bridgehead atoms. The molecule has 0 saturated carbocycles. The summed E-state index contributed by atoms with van der Waals surface area (Å²) in [6.07, 6.45) is 2.40. The van der Waals surface area contributed by atoms with E-state index in [1.807, 2.05) is 25.7 Å². The molecule has 0 radical (unpaired) electrons. The molecule has 3 rings (SSSR count). The third kappa shape index (κ3) is 4.21. The van der Waals surface area contributed by atoms with Gasteiger partial charge in [-0.2, -0.15) is 4.36 Å². The molecule has 2 saturated heterocycles. The zero-order valence-corrected chi connectivity index (χ0v) is 16.9. The van der Waals surface area contributed by atoms with Gasteiger partial charge in [-0.3, -0.25) is 9.59 Å². The summed E-state index contributed by atoms with van der Waals surface area (Å²) in [7, 11) is -2.65. The third-order valence-electron chi connectivity index (χ3n) is 5.19. The molecule has 9 nitrogen and oxygen atoms in total. The van der Waals surface area contributed by atoms with Crippen LogP contribution in [0.1, 0.15) is 44.1 Å². The van der Waals surface area contributed by atoms with E-state index in [4.69, 9.17) is 4.74 Å². The minimum Gasteiger partial charge on any atom is -0.371 e. The summed E-state index contributed by atoms with van der Waals surface area (Å²) < 4.78 is 24.6. The van der Waals surface area contributed by atoms with E-state index in [-0.39, 0.29) is 29.0 Å². The van der Waals surface area contributed by atoms with Crippen LogP contribution in [0.4, 0.5) is 0 Å². The smallest absolute Gasteiger partial charge is 0.305 e. The maximum absolute atomic E-state index is 13.1. The second-order valence-electron chi connectivity index (χ2n) is 7.46. The molecular weight excluding hydrogens is 370 g/mol. The topological polar surface area (TPSA) is 107 Å². The van der Waals surface area contributed by atoms with E-state index >= 15 is 0 Å². The van der Waals surface area contributed by atoms with Gasteiger partial charge in [0, 0.05) is 37.1 Å². The Bertz CT molecular complexity index is 826. The maximum atomic E-state index is 13.1. The van der Waals surface area contributed by atoms with Crippen molar-refractivity contribution < 1.29 is 18.5 Å². The highest BCUT2D eigenvalue weighted by Gasteiger charge is 2.42. The molecule has 2 aliphatic rings. The van der Waals surface area contributed by atoms with Gasteiger partial charge in [-0.25, -0.2) is 8.89 Å². The fourth-order valence-electron chi connectivity index (χ4n) is 3.56. The lowest BCUT2D eigenvalue weighted by Crippen LogP contribution is -2.57. The highest BCUT2D eigenvalue weighted by Crippen LogP contribution is 2.32. The van der Waals surface area contributed by atoms with E-state index in [0.29, 0.717) is 39.1 Å². The van der Waals surface area contributed by atoms with Gasteiger partial charge in [-0.05, 0) is 19.8 Å². The van der Waals surface area contributed by atoms with Crippen molar-refractivity contribution in [2.24, 2.45) is 10.3 Å². The summed E-state index contributed by atoms with van der Waals surface area (Å²) in [5.74, 6) is 0.0949. The van der Waals surface area contributed by atoms with Crippen LogP contribution in [0.2, 0.25) is 0 Å². The molecular formula is C17H27N5O4S. The van der Waals surface area contributed by atoms with Gasteiger partial charge in [0.2, 0.25) is 5.91 Å². The number of ether oxygens (including phenoxy) is 1. The molecule has 0 unspecified atom stereocenters. The van der Waals surface area contributed by atoms with Gasteiger partial charge in [-0.1, -0.05) is 19.1 Å². The molecule has 10 heteroatoms. The number of aromatic nitrogens is 3. The van der Waals surface area contributed by atoms with Crippen LogP contribution < -0.4 is 0 Å². The van der Waals surface area contributed by atoms with Crippen LogP contribution in [-0.2, 0) is 25.8 Å². The first kappa shape index (κ1) is 19.9. The molecule has 27 heavy (non-hydrogen) atoms. The highest BCUT2D eigenvalue weighted by molar-refractivity contribution is 7.93. The van der Waals surface area contributed by atoms with Gasteiger partial charge in [0.05, 0.1) is 28.1 Å². The first-order valence-electron chi connectivity index (χ1n) is 9.36. The molecule has 0 aromatic carbocycles. The molecule has 1 aromatic rings. The van der Waals surface area contributed by atoms with Crippen molar-refractivity contribution in [1.29, 1.82) is 0 Å². The van der Waals surface area contributed by atoms with Gasteiger partial charge in [0.15, 0.2) is 0 Å². The molecule has 0 atom stereocenters. The van der Waals surface area contributed by atoms with Crippen LogP contribution in [0.3, 0.4) is 0 Å². The van der Waals surface area contributed by atoms with Gasteiger partial charge in [0.25, 0.3) is 0 Å². The minimum absolute atomic E-state index is 0.0578. The van der Waals surface area contributed by atoms with E-state index in [0.717, 1.165) is 0 Å². The Balaban J connectivity index is 1.71. The van der Waals surface area contributed by atoms with Gasteiger partial charge < -0.3 is 9.64 Å². The van der Waals surface area contributed by atoms with Crippen LogP contribution in [0, 0.1) is 5.92 Å². The van der Waals surface area contributed by atoms with Crippen molar-refractivity contribution in [1.82, 2.24) is 19.9 Å². The lowest BCUT2D eigenvalue weighted by molar-refractivity contribution is -0.154. The van der Waals surface area contributed by atoms with Crippen molar-refractivity contribution in [2.75, 3.05) is 31.2 Å². The fourth-order valence-corrected chi connectivity index (χ4v) is 5.73.